The Labute approximate surface area is 129 Å². The summed E-state index contributed by atoms with van der Waals surface area (Å²) in [5.41, 5.74) is -0.150. The number of amidine groups is 1. The van der Waals surface area contributed by atoms with Crippen LogP contribution in [0.4, 0.5) is 0 Å². The topological polar surface area (TPSA) is 95.3 Å². The van der Waals surface area contributed by atoms with Crippen LogP contribution in [-0.4, -0.2) is 64.3 Å². The number of ether oxygens (including phenoxy) is 1. The highest BCUT2D eigenvalue weighted by molar-refractivity contribution is 8.14. The van der Waals surface area contributed by atoms with E-state index in [1.807, 2.05) is 5.32 Å². The fourth-order valence-electron chi connectivity index (χ4n) is 3.44. The zero-order valence-corrected chi connectivity index (χ0v) is 13.3. The predicted octanol–water partition coefficient (Wildman–Crippen LogP) is -2.01. The van der Waals surface area contributed by atoms with Crippen molar-refractivity contribution in [1.82, 2.24) is 0 Å². The number of fused-ring (bicyclic) bond motifs is 1. The van der Waals surface area contributed by atoms with Gasteiger partial charge in [-0.2, -0.15) is 0 Å². The van der Waals surface area contributed by atoms with Crippen molar-refractivity contribution in [2.45, 2.75) is 68.4 Å². The molecular weight excluding hydrogens is 290 g/mol. The summed E-state index contributed by atoms with van der Waals surface area (Å²) < 4.78 is 6.02. The molecule has 0 aromatic carbocycles. The van der Waals surface area contributed by atoms with Gasteiger partial charge in [-0.15, -0.1) is 0 Å². The van der Waals surface area contributed by atoms with Crippen LogP contribution in [0.2, 0.25) is 0 Å². The number of aliphatic hydroxyl groups is 2. The Balaban J connectivity index is 1.56. The van der Waals surface area contributed by atoms with Crippen LogP contribution in [0, 0.1) is 0 Å². The zero-order valence-electron chi connectivity index (χ0n) is 12.5. The summed E-state index contributed by atoms with van der Waals surface area (Å²) in [6.45, 7) is 3.71. The molecular formula is C14H27N3O3S+2. The Morgan fingerprint density at radius 1 is 1.29 bits per heavy atom. The number of nitrogens with two attached hydrogens (primary N) is 2. The van der Waals surface area contributed by atoms with Gasteiger partial charge in [0.2, 0.25) is 0 Å². The molecule has 1 saturated carbocycles. The summed E-state index contributed by atoms with van der Waals surface area (Å²) in [6, 6.07) is 0.331. The second kappa shape index (κ2) is 6.93. The highest BCUT2D eigenvalue weighted by Gasteiger charge is 2.49. The minimum absolute atomic E-state index is 0.150. The Morgan fingerprint density at radius 2 is 2.05 bits per heavy atom. The Kier molecular flexibility index (Phi) is 5.19. The van der Waals surface area contributed by atoms with E-state index in [0.29, 0.717) is 6.04 Å². The molecule has 0 unspecified atom stereocenters. The van der Waals surface area contributed by atoms with Gasteiger partial charge in [-0.3, -0.25) is 5.32 Å². The van der Waals surface area contributed by atoms with Crippen LogP contribution in [0.1, 0.15) is 32.6 Å². The quantitative estimate of drug-likeness (QED) is 0.482. The number of hydrogen-bond acceptors (Lipinski definition) is 5. The van der Waals surface area contributed by atoms with E-state index in [-0.39, 0.29) is 17.6 Å². The van der Waals surface area contributed by atoms with Crippen LogP contribution in [0.15, 0.2) is 4.99 Å². The third kappa shape index (κ3) is 3.43. The van der Waals surface area contributed by atoms with Crippen molar-refractivity contribution in [3.05, 3.63) is 0 Å². The van der Waals surface area contributed by atoms with Crippen LogP contribution < -0.4 is 10.6 Å². The zero-order chi connectivity index (χ0) is 14.8. The molecule has 3 rings (SSSR count). The Bertz CT molecular complexity index is 390. The van der Waals surface area contributed by atoms with Gasteiger partial charge < -0.3 is 20.3 Å². The van der Waals surface area contributed by atoms with Crippen LogP contribution in [0.25, 0.3) is 0 Å². The van der Waals surface area contributed by atoms with E-state index in [9.17, 15) is 10.2 Å². The van der Waals surface area contributed by atoms with Crippen molar-refractivity contribution >= 4 is 16.9 Å². The van der Waals surface area contributed by atoms with E-state index in [1.165, 1.54) is 25.7 Å². The third-order valence-corrected chi connectivity index (χ3v) is 5.80. The molecule has 6 nitrogen and oxygen atoms in total. The fraction of sp³-hybridized carbons (Fsp3) is 0.929. The van der Waals surface area contributed by atoms with Crippen molar-refractivity contribution in [2.75, 3.05) is 13.1 Å². The van der Waals surface area contributed by atoms with E-state index >= 15 is 0 Å². The molecule has 6 N–H and O–H groups in total. The molecule has 0 bridgehead atoms. The van der Waals surface area contributed by atoms with Crippen molar-refractivity contribution in [3.63, 3.8) is 0 Å². The molecule has 0 aromatic rings. The van der Waals surface area contributed by atoms with Gasteiger partial charge in [0.15, 0.2) is 0 Å². The first kappa shape index (κ1) is 15.7. The van der Waals surface area contributed by atoms with Gasteiger partial charge in [0.1, 0.15) is 36.3 Å². The smallest absolute Gasteiger partial charge is 0.258 e. The van der Waals surface area contributed by atoms with Gasteiger partial charge in [-0.1, -0.05) is 0 Å². The second-order valence-electron chi connectivity index (χ2n) is 6.23. The molecule has 0 aromatic heterocycles. The summed E-state index contributed by atoms with van der Waals surface area (Å²) >= 11 is 1.57. The van der Waals surface area contributed by atoms with E-state index in [1.54, 1.807) is 11.8 Å². The molecule has 1 aliphatic carbocycles. The standard InChI is InChI=1S/C14H25N3O3S/c1-2-15-14-17-10-12(19)11(18)9(20-13(10)21-14)7-16-8-5-3-4-6-8/h8-13,16,18-19H,2-7H2,1H3,(H,15,17)/p+2/t9-,10-,11-,12-,13-/m1/s1. The van der Waals surface area contributed by atoms with Gasteiger partial charge >= 0.3 is 0 Å². The molecule has 1 saturated heterocycles. The van der Waals surface area contributed by atoms with Crippen molar-refractivity contribution in [3.8, 4) is 0 Å². The Morgan fingerprint density at radius 3 is 2.76 bits per heavy atom. The van der Waals surface area contributed by atoms with Crippen molar-refractivity contribution < 1.29 is 25.6 Å². The van der Waals surface area contributed by atoms with Crippen molar-refractivity contribution in [2.24, 2.45) is 4.99 Å². The maximum Gasteiger partial charge on any atom is 0.258 e. The lowest BCUT2D eigenvalue weighted by Crippen LogP contribution is -2.92. The summed E-state index contributed by atoms with van der Waals surface area (Å²) in [4.78, 5) is 4.48. The van der Waals surface area contributed by atoms with Gasteiger partial charge in [-0.05, 0) is 44.4 Å². The van der Waals surface area contributed by atoms with E-state index in [0.717, 1.165) is 18.3 Å². The molecule has 2 heterocycles. The summed E-state index contributed by atoms with van der Waals surface area (Å²) in [5.74, 6) is 0. The van der Waals surface area contributed by atoms with Crippen LogP contribution in [0.3, 0.4) is 0 Å². The molecule has 5 atom stereocenters. The Hall–Kier alpha value is -0.180. The average Bonchev–Trinajstić information content (AvgIpc) is 3.11. The van der Waals surface area contributed by atoms with Crippen LogP contribution in [0.5, 0.6) is 0 Å². The minimum atomic E-state index is -0.839. The third-order valence-electron chi connectivity index (χ3n) is 4.66. The van der Waals surface area contributed by atoms with E-state index in [2.05, 4.69) is 17.2 Å². The SMILES string of the molecule is CC[NH2+]C1=N[C@@H]2[C@@H](O)[C@H](O)[C@@H](C[NH2+]C3CCCC3)O[C@@H]2S1. The lowest BCUT2D eigenvalue weighted by Gasteiger charge is -2.37. The number of quaternary nitrogens is 2. The lowest BCUT2D eigenvalue weighted by atomic mass is 9.98. The molecule has 7 heteroatoms. The highest BCUT2D eigenvalue weighted by atomic mass is 32.2. The minimum Gasteiger partial charge on any atom is -0.388 e. The molecule has 21 heavy (non-hydrogen) atoms. The predicted molar refractivity (Wildman–Crippen MR) is 81.0 cm³/mol. The van der Waals surface area contributed by atoms with Gasteiger partial charge in [0.05, 0.1) is 12.6 Å². The number of hydrogen-bond donors (Lipinski definition) is 4. The average molecular weight is 317 g/mol. The summed E-state index contributed by atoms with van der Waals surface area (Å²) in [6.07, 6.45) is 3.17. The number of aliphatic hydroxyl groups excluding tert-OH is 2. The summed E-state index contributed by atoms with van der Waals surface area (Å²) in [7, 11) is 0. The first-order chi connectivity index (χ1) is 10.2. The largest absolute Gasteiger partial charge is 0.388 e. The number of aliphatic imine (C=N–C) groups is 1. The lowest BCUT2D eigenvalue weighted by molar-refractivity contribution is -0.695. The first-order valence-electron chi connectivity index (χ1n) is 8.11. The number of nitrogens with zero attached hydrogens (tertiary/aromatic N) is 1. The molecule has 2 fully saturated rings. The first-order valence-corrected chi connectivity index (χ1v) is 8.99. The number of thioether (sulfide) groups is 1. The molecule has 2 aliphatic heterocycles. The van der Waals surface area contributed by atoms with Crippen molar-refractivity contribution in [1.29, 1.82) is 0 Å². The molecule has 0 radical (unpaired) electrons. The summed E-state index contributed by atoms with van der Waals surface area (Å²) in [5, 5.41) is 25.9. The maximum absolute atomic E-state index is 10.3. The maximum atomic E-state index is 10.3. The molecule has 0 amide bonds. The van der Waals surface area contributed by atoms with Crippen LogP contribution >= 0.6 is 11.8 Å². The molecule has 120 valence electrons. The normalized spacial score (nSPS) is 40.3. The highest BCUT2D eigenvalue weighted by Crippen LogP contribution is 2.34. The van der Waals surface area contributed by atoms with Crippen LogP contribution in [-0.2, 0) is 4.74 Å². The fourth-order valence-corrected chi connectivity index (χ4v) is 4.68. The van der Waals surface area contributed by atoms with E-state index in [4.69, 9.17) is 4.74 Å². The molecule has 3 aliphatic rings. The monoisotopic (exact) mass is 317 g/mol. The van der Waals surface area contributed by atoms with Gasteiger partial charge in [-0.25, -0.2) is 4.99 Å². The van der Waals surface area contributed by atoms with Gasteiger partial charge in [0, 0.05) is 0 Å². The second-order valence-corrected chi connectivity index (χ2v) is 7.35. The van der Waals surface area contributed by atoms with Gasteiger partial charge in [0.25, 0.3) is 5.17 Å². The number of rotatable bonds is 4. The van der Waals surface area contributed by atoms with E-state index < -0.39 is 12.2 Å². The molecule has 0 spiro atoms.